The topological polar surface area (TPSA) is 72.7 Å². The minimum absolute atomic E-state index is 0.291. The Hall–Kier alpha value is -3.02. The standard InChI is InChI=1S/C15H13N5O/c1-20-9-8-17-14(20)15(21)19-13-6-5-11(10-18-13)12-4-2-3-7-16-12/h2-10H,1H3,(H,18,19,21). The van der Waals surface area contributed by atoms with E-state index in [2.05, 4.69) is 20.3 Å². The monoisotopic (exact) mass is 279 g/mol. The number of hydrogen-bond acceptors (Lipinski definition) is 4. The molecule has 0 aliphatic carbocycles. The molecule has 6 nitrogen and oxygen atoms in total. The lowest BCUT2D eigenvalue weighted by Crippen LogP contribution is -2.17. The first-order valence-electron chi connectivity index (χ1n) is 6.40. The van der Waals surface area contributed by atoms with Crippen molar-refractivity contribution in [2.24, 2.45) is 7.05 Å². The molecule has 104 valence electrons. The van der Waals surface area contributed by atoms with Gasteiger partial charge in [-0.05, 0) is 24.3 Å². The van der Waals surface area contributed by atoms with Gasteiger partial charge in [0.25, 0.3) is 5.91 Å². The van der Waals surface area contributed by atoms with Crippen LogP contribution in [0.5, 0.6) is 0 Å². The molecule has 0 aliphatic heterocycles. The van der Waals surface area contributed by atoms with E-state index in [1.165, 1.54) is 0 Å². The second-order valence-electron chi connectivity index (χ2n) is 4.46. The second kappa shape index (κ2) is 5.54. The minimum atomic E-state index is -0.291. The highest BCUT2D eigenvalue weighted by Crippen LogP contribution is 2.16. The molecule has 0 saturated carbocycles. The van der Waals surface area contributed by atoms with Crippen LogP contribution in [-0.4, -0.2) is 25.4 Å². The van der Waals surface area contributed by atoms with Gasteiger partial charge in [0.2, 0.25) is 0 Å². The number of amides is 1. The van der Waals surface area contributed by atoms with Crippen LogP contribution in [0, 0.1) is 0 Å². The lowest BCUT2D eigenvalue weighted by molar-refractivity contribution is 0.101. The van der Waals surface area contributed by atoms with Gasteiger partial charge in [-0.2, -0.15) is 0 Å². The fourth-order valence-corrected chi connectivity index (χ4v) is 1.91. The molecule has 0 radical (unpaired) electrons. The van der Waals surface area contributed by atoms with Crippen LogP contribution >= 0.6 is 0 Å². The van der Waals surface area contributed by atoms with E-state index < -0.39 is 0 Å². The van der Waals surface area contributed by atoms with Gasteiger partial charge in [0.1, 0.15) is 5.82 Å². The highest BCUT2D eigenvalue weighted by Gasteiger charge is 2.11. The van der Waals surface area contributed by atoms with Gasteiger partial charge in [-0.3, -0.25) is 9.78 Å². The fraction of sp³-hybridized carbons (Fsp3) is 0.0667. The van der Waals surface area contributed by atoms with E-state index in [1.54, 1.807) is 42.5 Å². The zero-order valence-corrected chi connectivity index (χ0v) is 11.4. The number of carbonyl (C=O) groups is 1. The number of aromatic nitrogens is 4. The zero-order chi connectivity index (χ0) is 14.7. The predicted molar refractivity (Wildman–Crippen MR) is 78.6 cm³/mol. The van der Waals surface area contributed by atoms with Gasteiger partial charge >= 0.3 is 0 Å². The Balaban J connectivity index is 1.76. The maximum Gasteiger partial charge on any atom is 0.292 e. The number of rotatable bonds is 3. The van der Waals surface area contributed by atoms with E-state index in [1.807, 2.05) is 24.3 Å². The number of anilines is 1. The zero-order valence-electron chi connectivity index (χ0n) is 11.4. The van der Waals surface area contributed by atoms with Gasteiger partial charge in [-0.25, -0.2) is 9.97 Å². The summed E-state index contributed by atoms with van der Waals surface area (Å²) in [4.78, 5) is 24.5. The number of aryl methyl sites for hydroxylation is 1. The van der Waals surface area contributed by atoms with Crippen molar-refractivity contribution < 1.29 is 4.79 Å². The van der Waals surface area contributed by atoms with E-state index >= 15 is 0 Å². The maximum absolute atomic E-state index is 12.0. The Morgan fingerprint density at radius 3 is 2.62 bits per heavy atom. The van der Waals surface area contributed by atoms with Crippen LogP contribution in [0.3, 0.4) is 0 Å². The van der Waals surface area contributed by atoms with Crippen LogP contribution in [0.1, 0.15) is 10.6 Å². The van der Waals surface area contributed by atoms with Gasteiger partial charge in [0.05, 0.1) is 5.69 Å². The van der Waals surface area contributed by atoms with Crippen molar-refractivity contribution in [3.05, 3.63) is 60.9 Å². The van der Waals surface area contributed by atoms with E-state index in [4.69, 9.17) is 0 Å². The molecule has 1 N–H and O–H groups in total. The first-order valence-corrected chi connectivity index (χ1v) is 6.40. The number of hydrogen-bond donors (Lipinski definition) is 1. The molecule has 0 saturated heterocycles. The summed E-state index contributed by atoms with van der Waals surface area (Å²) < 4.78 is 1.65. The molecule has 3 heterocycles. The third kappa shape index (κ3) is 2.79. The molecule has 3 rings (SSSR count). The van der Waals surface area contributed by atoms with Crippen molar-refractivity contribution in [2.75, 3.05) is 5.32 Å². The Kier molecular flexibility index (Phi) is 3.42. The largest absolute Gasteiger partial charge is 0.330 e. The van der Waals surface area contributed by atoms with Crippen molar-refractivity contribution >= 4 is 11.7 Å². The normalized spacial score (nSPS) is 10.3. The average Bonchev–Trinajstić information content (AvgIpc) is 2.95. The highest BCUT2D eigenvalue weighted by molar-refractivity contribution is 6.01. The number of carbonyl (C=O) groups excluding carboxylic acids is 1. The molecule has 0 fully saturated rings. The summed E-state index contributed by atoms with van der Waals surface area (Å²) in [5, 5.41) is 2.71. The van der Waals surface area contributed by atoms with Crippen molar-refractivity contribution in [2.45, 2.75) is 0 Å². The molecule has 0 atom stereocenters. The quantitative estimate of drug-likeness (QED) is 0.797. The molecule has 0 unspecified atom stereocenters. The summed E-state index contributed by atoms with van der Waals surface area (Å²) in [6, 6.07) is 9.29. The van der Waals surface area contributed by atoms with Crippen LogP contribution in [0.4, 0.5) is 5.82 Å². The Morgan fingerprint density at radius 1 is 1.10 bits per heavy atom. The van der Waals surface area contributed by atoms with E-state index in [0.29, 0.717) is 11.6 Å². The van der Waals surface area contributed by atoms with Crippen molar-refractivity contribution in [3.8, 4) is 11.3 Å². The maximum atomic E-state index is 12.0. The molecule has 0 aliphatic rings. The SMILES string of the molecule is Cn1ccnc1C(=O)Nc1ccc(-c2ccccn2)cn1. The molecule has 0 bridgehead atoms. The van der Waals surface area contributed by atoms with E-state index in [0.717, 1.165) is 11.3 Å². The molecule has 3 aromatic heterocycles. The predicted octanol–water partition coefficient (Wildman–Crippen LogP) is 2.13. The minimum Gasteiger partial charge on any atom is -0.330 e. The molecule has 0 aromatic carbocycles. The third-order valence-corrected chi connectivity index (χ3v) is 2.99. The summed E-state index contributed by atoms with van der Waals surface area (Å²) in [5.74, 6) is 0.522. The third-order valence-electron chi connectivity index (χ3n) is 2.99. The van der Waals surface area contributed by atoms with Crippen molar-refractivity contribution in [3.63, 3.8) is 0 Å². The summed E-state index contributed by atoms with van der Waals surface area (Å²) in [5.41, 5.74) is 1.73. The van der Waals surface area contributed by atoms with Crippen LogP contribution in [0.2, 0.25) is 0 Å². The lowest BCUT2D eigenvalue weighted by Gasteiger charge is -2.05. The Morgan fingerprint density at radius 2 is 2.00 bits per heavy atom. The van der Waals surface area contributed by atoms with Crippen LogP contribution in [-0.2, 0) is 7.05 Å². The van der Waals surface area contributed by atoms with Gasteiger partial charge in [-0.1, -0.05) is 6.07 Å². The smallest absolute Gasteiger partial charge is 0.292 e. The number of nitrogens with one attached hydrogen (secondary N) is 1. The Labute approximate surface area is 121 Å². The molecule has 6 heteroatoms. The first kappa shape index (κ1) is 13.0. The molecule has 3 aromatic rings. The highest BCUT2D eigenvalue weighted by atomic mass is 16.2. The van der Waals surface area contributed by atoms with Gasteiger partial charge < -0.3 is 9.88 Å². The summed E-state index contributed by atoms with van der Waals surface area (Å²) in [7, 11) is 1.76. The van der Waals surface area contributed by atoms with Gasteiger partial charge in [0, 0.05) is 37.4 Å². The van der Waals surface area contributed by atoms with Crippen LogP contribution < -0.4 is 5.32 Å². The summed E-state index contributed by atoms with van der Waals surface area (Å²) >= 11 is 0. The summed E-state index contributed by atoms with van der Waals surface area (Å²) in [6.07, 6.45) is 6.70. The number of nitrogens with zero attached hydrogens (tertiary/aromatic N) is 4. The molecule has 0 spiro atoms. The fourth-order valence-electron chi connectivity index (χ4n) is 1.91. The molecular formula is C15H13N5O. The number of imidazole rings is 1. The van der Waals surface area contributed by atoms with Crippen molar-refractivity contribution in [1.29, 1.82) is 0 Å². The number of pyridine rings is 2. The second-order valence-corrected chi connectivity index (χ2v) is 4.46. The average molecular weight is 279 g/mol. The van der Waals surface area contributed by atoms with Crippen molar-refractivity contribution in [1.82, 2.24) is 19.5 Å². The van der Waals surface area contributed by atoms with Crippen LogP contribution in [0.25, 0.3) is 11.3 Å². The molecule has 21 heavy (non-hydrogen) atoms. The first-order chi connectivity index (χ1) is 10.2. The van der Waals surface area contributed by atoms with E-state index in [9.17, 15) is 4.79 Å². The summed E-state index contributed by atoms with van der Waals surface area (Å²) in [6.45, 7) is 0. The molecule has 1 amide bonds. The van der Waals surface area contributed by atoms with E-state index in [-0.39, 0.29) is 5.91 Å². The van der Waals surface area contributed by atoms with Gasteiger partial charge in [0.15, 0.2) is 5.82 Å². The van der Waals surface area contributed by atoms with Crippen LogP contribution in [0.15, 0.2) is 55.1 Å². The van der Waals surface area contributed by atoms with Gasteiger partial charge in [-0.15, -0.1) is 0 Å². The lowest BCUT2D eigenvalue weighted by atomic mass is 10.2. The molecular weight excluding hydrogens is 266 g/mol. The Bertz CT molecular complexity index is 749.